The van der Waals surface area contributed by atoms with Crippen LogP contribution in [0.2, 0.25) is 0 Å². The van der Waals surface area contributed by atoms with Gasteiger partial charge in [-0.1, -0.05) is 60.2 Å². The van der Waals surface area contributed by atoms with Crippen LogP contribution in [0.15, 0.2) is 72.8 Å². The van der Waals surface area contributed by atoms with Crippen molar-refractivity contribution < 1.29 is 14.6 Å². The molecule has 1 heterocycles. The zero-order valence-electron chi connectivity index (χ0n) is 17.8. The van der Waals surface area contributed by atoms with E-state index in [1.54, 1.807) is 7.11 Å². The molecule has 4 rings (SSSR count). The second kappa shape index (κ2) is 9.06. The van der Waals surface area contributed by atoms with Gasteiger partial charge in [-0.15, -0.1) is 0 Å². The Labute approximate surface area is 181 Å². The molecule has 0 saturated carbocycles. The number of benzene rings is 3. The number of methoxy groups -OCH3 is 1. The molecular weight excluding hydrogens is 388 g/mol. The largest absolute Gasteiger partial charge is 0.497 e. The molecule has 0 aliphatic rings. The second-order valence-electron chi connectivity index (χ2n) is 7.68. The van der Waals surface area contributed by atoms with Crippen molar-refractivity contribution in [3.63, 3.8) is 0 Å². The minimum atomic E-state index is -0.915. The maximum absolute atomic E-state index is 12.3. The number of nitrogens with one attached hydrogen (secondary N) is 1. The molecule has 5 heteroatoms. The van der Waals surface area contributed by atoms with Crippen LogP contribution in [0.4, 0.5) is 0 Å². The number of aromatic nitrogens is 1. The van der Waals surface area contributed by atoms with Crippen LogP contribution in [0.25, 0.3) is 10.9 Å². The maximum atomic E-state index is 12.3. The van der Waals surface area contributed by atoms with E-state index < -0.39 is 5.97 Å². The molecule has 4 aromatic rings. The van der Waals surface area contributed by atoms with Crippen LogP contribution in [0, 0.1) is 6.92 Å². The van der Waals surface area contributed by atoms with E-state index in [0.29, 0.717) is 25.3 Å². The number of ether oxygens (including phenoxy) is 1. The van der Waals surface area contributed by atoms with Gasteiger partial charge in [0.15, 0.2) is 0 Å². The van der Waals surface area contributed by atoms with E-state index in [1.807, 2.05) is 60.0 Å². The lowest BCUT2D eigenvalue weighted by molar-refractivity contribution is 0.0685. The summed E-state index contributed by atoms with van der Waals surface area (Å²) in [4.78, 5) is 12.3. The number of hydrogen-bond donors (Lipinski definition) is 2. The second-order valence-corrected chi connectivity index (χ2v) is 7.68. The predicted octanol–water partition coefficient (Wildman–Crippen LogP) is 4.99. The molecule has 0 saturated heterocycles. The third-order valence-electron chi connectivity index (χ3n) is 5.50. The molecule has 0 amide bonds. The Kier molecular flexibility index (Phi) is 6.05. The number of hydrogen-bond acceptors (Lipinski definition) is 3. The summed E-state index contributed by atoms with van der Waals surface area (Å²) in [5, 5.41) is 14.5. The van der Waals surface area contributed by atoms with E-state index in [0.717, 1.165) is 33.3 Å². The van der Waals surface area contributed by atoms with Crippen LogP contribution in [-0.2, 0) is 19.6 Å². The van der Waals surface area contributed by atoms with E-state index in [-0.39, 0.29) is 0 Å². The molecule has 5 nitrogen and oxygen atoms in total. The summed E-state index contributed by atoms with van der Waals surface area (Å²) >= 11 is 0. The summed E-state index contributed by atoms with van der Waals surface area (Å²) in [5.41, 5.74) is 5.41. The average molecular weight is 415 g/mol. The molecule has 158 valence electrons. The zero-order valence-corrected chi connectivity index (χ0v) is 17.8. The highest BCUT2D eigenvalue weighted by molar-refractivity contribution is 5.98. The smallest absolute Gasteiger partial charge is 0.352 e. The summed E-state index contributed by atoms with van der Waals surface area (Å²) in [6.45, 7) is 3.63. The Hall–Kier alpha value is -3.57. The highest BCUT2D eigenvalue weighted by Gasteiger charge is 2.22. The molecule has 0 atom stereocenters. The van der Waals surface area contributed by atoms with Crippen molar-refractivity contribution >= 4 is 16.9 Å². The molecule has 0 radical (unpaired) electrons. The number of para-hydroxylation sites is 1. The van der Waals surface area contributed by atoms with Crippen molar-refractivity contribution in [1.29, 1.82) is 0 Å². The topological polar surface area (TPSA) is 63.5 Å². The van der Waals surface area contributed by atoms with Crippen LogP contribution in [0.3, 0.4) is 0 Å². The van der Waals surface area contributed by atoms with Crippen molar-refractivity contribution in [2.75, 3.05) is 7.11 Å². The number of aryl methyl sites for hydroxylation is 1. The Morgan fingerprint density at radius 2 is 1.74 bits per heavy atom. The lowest BCUT2D eigenvalue weighted by atomic mass is 10.1. The lowest BCUT2D eigenvalue weighted by Gasteiger charge is -2.10. The Morgan fingerprint density at radius 3 is 2.48 bits per heavy atom. The summed E-state index contributed by atoms with van der Waals surface area (Å²) in [7, 11) is 1.65. The summed E-state index contributed by atoms with van der Waals surface area (Å²) in [6, 6.07) is 24.0. The molecule has 3 aromatic carbocycles. The first kappa shape index (κ1) is 20.7. The number of nitrogens with zero attached hydrogens (tertiary/aromatic N) is 1. The number of rotatable bonds is 8. The number of carboxylic acids is 1. The van der Waals surface area contributed by atoms with Crippen LogP contribution in [0.1, 0.15) is 32.7 Å². The van der Waals surface area contributed by atoms with Crippen molar-refractivity contribution in [2.45, 2.75) is 26.6 Å². The van der Waals surface area contributed by atoms with E-state index >= 15 is 0 Å². The fraction of sp³-hybridized carbons (Fsp3) is 0.192. The monoisotopic (exact) mass is 414 g/mol. The number of fused-ring (bicyclic) bond motifs is 1. The number of carboxylic acid groups (broad SMARTS) is 1. The van der Waals surface area contributed by atoms with Crippen LogP contribution >= 0.6 is 0 Å². The lowest BCUT2D eigenvalue weighted by Crippen LogP contribution is -2.17. The fourth-order valence-electron chi connectivity index (χ4n) is 3.95. The molecule has 1 aromatic heterocycles. The van der Waals surface area contributed by atoms with Crippen LogP contribution in [-0.4, -0.2) is 22.8 Å². The van der Waals surface area contributed by atoms with Gasteiger partial charge in [-0.2, -0.15) is 0 Å². The molecule has 0 fully saturated rings. The van der Waals surface area contributed by atoms with Crippen molar-refractivity contribution in [2.24, 2.45) is 0 Å². The van der Waals surface area contributed by atoms with Gasteiger partial charge in [0.25, 0.3) is 0 Å². The molecule has 0 spiro atoms. The fourth-order valence-corrected chi connectivity index (χ4v) is 3.95. The number of carbonyl (C=O) groups is 1. The third-order valence-corrected chi connectivity index (χ3v) is 5.50. The van der Waals surface area contributed by atoms with Gasteiger partial charge in [0, 0.05) is 36.1 Å². The molecule has 31 heavy (non-hydrogen) atoms. The molecule has 0 unspecified atom stereocenters. The van der Waals surface area contributed by atoms with Gasteiger partial charge < -0.3 is 19.7 Å². The Balaban J connectivity index is 1.66. The zero-order chi connectivity index (χ0) is 21.8. The molecule has 0 aliphatic carbocycles. The minimum absolute atomic E-state index is 0.333. The van der Waals surface area contributed by atoms with E-state index in [9.17, 15) is 9.90 Å². The van der Waals surface area contributed by atoms with Gasteiger partial charge in [0.05, 0.1) is 7.11 Å². The van der Waals surface area contributed by atoms with Crippen LogP contribution < -0.4 is 10.1 Å². The normalized spacial score (nSPS) is 11.0. The van der Waals surface area contributed by atoms with Crippen molar-refractivity contribution in [3.05, 3.63) is 101 Å². The van der Waals surface area contributed by atoms with E-state index in [1.165, 1.54) is 5.56 Å². The first-order chi connectivity index (χ1) is 15.1. The Morgan fingerprint density at radius 1 is 0.968 bits per heavy atom. The number of aromatic carboxylic acids is 1. The maximum Gasteiger partial charge on any atom is 0.352 e. The van der Waals surface area contributed by atoms with Crippen molar-refractivity contribution in [1.82, 2.24) is 9.88 Å². The quantitative estimate of drug-likeness (QED) is 0.426. The SMILES string of the molecule is COc1cccc(CNCc2c(C(=O)O)n(Cc3ccc(C)cc3)c3ccccc23)c1. The van der Waals surface area contributed by atoms with E-state index in [4.69, 9.17) is 4.74 Å². The van der Waals surface area contributed by atoms with Crippen LogP contribution in [0.5, 0.6) is 5.75 Å². The minimum Gasteiger partial charge on any atom is -0.497 e. The van der Waals surface area contributed by atoms with Gasteiger partial charge in [-0.25, -0.2) is 4.79 Å². The van der Waals surface area contributed by atoms with Gasteiger partial charge in [0.1, 0.15) is 11.4 Å². The van der Waals surface area contributed by atoms with Crippen molar-refractivity contribution in [3.8, 4) is 5.75 Å². The van der Waals surface area contributed by atoms with E-state index in [2.05, 4.69) is 29.6 Å². The van der Waals surface area contributed by atoms with Gasteiger partial charge in [0.2, 0.25) is 0 Å². The predicted molar refractivity (Wildman–Crippen MR) is 123 cm³/mol. The summed E-state index contributed by atoms with van der Waals surface area (Å²) in [5.74, 6) is -0.110. The molecule has 0 bridgehead atoms. The van der Waals surface area contributed by atoms with Gasteiger partial charge >= 0.3 is 5.97 Å². The van der Waals surface area contributed by atoms with Gasteiger partial charge in [-0.3, -0.25) is 0 Å². The third kappa shape index (κ3) is 4.47. The highest BCUT2D eigenvalue weighted by atomic mass is 16.5. The first-order valence-corrected chi connectivity index (χ1v) is 10.3. The highest BCUT2D eigenvalue weighted by Crippen LogP contribution is 2.28. The summed E-state index contributed by atoms with van der Waals surface area (Å²) in [6.07, 6.45) is 0. The first-order valence-electron chi connectivity index (χ1n) is 10.3. The Bertz CT molecular complexity index is 1210. The standard InChI is InChI=1S/C26H26N2O3/c1-18-10-12-19(13-11-18)17-28-24-9-4-3-8-22(24)23(25(28)26(29)30)16-27-15-20-6-5-7-21(14-20)31-2/h3-14,27H,15-17H2,1-2H3,(H,29,30). The molecular formula is C26H26N2O3. The molecule has 2 N–H and O–H groups in total. The van der Waals surface area contributed by atoms with Gasteiger partial charge in [-0.05, 0) is 36.2 Å². The average Bonchev–Trinajstić information content (AvgIpc) is 3.09. The molecule has 0 aliphatic heterocycles. The summed E-state index contributed by atoms with van der Waals surface area (Å²) < 4.78 is 7.19.